The highest BCUT2D eigenvalue weighted by atomic mass is 35.5. The Hall–Kier alpha value is -2.40. The molecule has 0 aliphatic heterocycles. The number of anilines is 1. The highest BCUT2D eigenvalue weighted by Crippen LogP contribution is 2.28. The number of hydrogen-bond donors (Lipinski definition) is 1. The molecule has 1 amide bonds. The first-order chi connectivity index (χ1) is 12.6. The van der Waals surface area contributed by atoms with Crippen LogP contribution in [0, 0.1) is 11.3 Å². The minimum atomic E-state index is -0.146. The number of rotatable bonds is 6. The molecule has 0 aliphatic carbocycles. The lowest BCUT2D eigenvalue weighted by Crippen LogP contribution is -2.14. The van der Waals surface area contributed by atoms with E-state index in [0.717, 1.165) is 21.2 Å². The van der Waals surface area contributed by atoms with E-state index in [1.54, 1.807) is 24.3 Å². The Kier molecular flexibility index (Phi) is 6.23. The van der Waals surface area contributed by atoms with Gasteiger partial charge in [0.2, 0.25) is 11.0 Å². The second-order valence-electron chi connectivity index (χ2n) is 5.32. The summed E-state index contributed by atoms with van der Waals surface area (Å²) in [4.78, 5) is 12.1. The van der Waals surface area contributed by atoms with E-state index in [1.165, 1.54) is 23.1 Å². The summed E-state index contributed by atoms with van der Waals surface area (Å²) in [7, 11) is 0. The fourth-order valence-electron chi connectivity index (χ4n) is 2.09. The van der Waals surface area contributed by atoms with Crippen molar-refractivity contribution in [3.8, 4) is 6.07 Å². The van der Waals surface area contributed by atoms with Crippen molar-refractivity contribution in [3.63, 3.8) is 0 Å². The van der Waals surface area contributed by atoms with Crippen LogP contribution in [0.5, 0.6) is 0 Å². The highest BCUT2D eigenvalue weighted by molar-refractivity contribution is 8.00. The number of hydrogen-bond acceptors (Lipinski definition) is 6. The van der Waals surface area contributed by atoms with E-state index in [9.17, 15) is 4.79 Å². The Bertz CT molecular complexity index is 933. The molecule has 8 heteroatoms. The van der Waals surface area contributed by atoms with Crippen molar-refractivity contribution >= 4 is 45.7 Å². The van der Waals surface area contributed by atoms with Crippen LogP contribution >= 0.6 is 34.7 Å². The minimum Gasteiger partial charge on any atom is -0.300 e. The zero-order chi connectivity index (χ0) is 18.4. The molecule has 0 bridgehead atoms. The molecule has 3 aromatic rings. The van der Waals surface area contributed by atoms with Crippen molar-refractivity contribution in [2.45, 2.75) is 16.5 Å². The molecule has 0 radical (unpaired) electrons. The largest absolute Gasteiger partial charge is 0.300 e. The third-order valence-electron chi connectivity index (χ3n) is 3.38. The quantitative estimate of drug-likeness (QED) is 0.485. The van der Waals surface area contributed by atoms with E-state index in [0.29, 0.717) is 15.7 Å². The maximum atomic E-state index is 12.1. The number of carbonyl (C=O) groups is 1. The lowest BCUT2D eigenvalue weighted by atomic mass is 10.1. The summed E-state index contributed by atoms with van der Waals surface area (Å²) >= 11 is 8.71. The van der Waals surface area contributed by atoms with E-state index in [4.69, 9.17) is 16.9 Å². The topological polar surface area (TPSA) is 78.7 Å². The smallest absolute Gasteiger partial charge is 0.230 e. The average Bonchev–Trinajstić information content (AvgIpc) is 3.09. The number of aromatic nitrogens is 2. The summed E-state index contributed by atoms with van der Waals surface area (Å²) in [5, 5.41) is 20.8. The summed E-state index contributed by atoms with van der Waals surface area (Å²) in [6.07, 6.45) is 0.254. The van der Waals surface area contributed by atoms with Crippen LogP contribution in [0.4, 0.5) is 5.13 Å². The summed E-state index contributed by atoms with van der Waals surface area (Å²) in [6, 6.07) is 16.7. The lowest BCUT2D eigenvalue weighted by molar-refractivity contribution is -0.115. The molecule has 1 heterocycles. The molecule has 130 valence electrons. The Balaban J connectivity index is 1.51. The second kappa shape index (κ2) is 8.81. The van der Waals surface area contributed by atoms with E-state index in [-0.39, 0.29) is 12.3 Å². The Morgan fingerprint density at radius 2 is 1.81 bits per heavy atom. The van der Waals surface area contributed by atoms with Crippen molar-refractivity contribution < 1.29 is 4.79 Å². The average molecular weight is 401 g/mol. The number of benzene rings is 2. The lowest BCUT2D eigenvalue weighted by Gasteiger charge is -2.01. The van der Waals surface area contributed by atoms with Gasteiger partial charge in [-0.05, 0) is 35.4 Å². The highest BCUT2D eigenvalue weighted by Gasteiger charge is 2.10. The van der Waals surface area contributed by atoms with Crippen molar-refractivity contribution in [2.75, 3.05) is 5.32 Å². The number of nitriles is 1. The molecule has 0 atom stereocenters. The first kappa shape index (κ1) is 18.4. The van der Waals surface area contributed by atoms with Crippen molar-refractivity contribution in [1.82, 2.24) is 10.2 Å². The van der Waals surface area contributed by atoms with Gasteiger partial charge in [0.1, 0.15) is 0 Å². The molecular formula is C18H13ClN4OS2. The molecule has 3 rings (SSSR count). The molecule has 2 aromatic carbocycles. The predicted octanol–water partition coefficient (Wildman–Crippen LogP) is 4.54. The fourth-order valence-corrected chi connectivity index (χ4v) is 3.94. The van der Waals surface area contributed by atoms with Crippen LogP contribution < -0.4 is 5.32 Å². The molecule has 1 N–H and O–H groups in total. The van der Waals surface area contributed by atoms with Gasteiger partial charge < -0.3 is 5.32 Å². The number of amides is 1. The fraction of sp³-hybridized carbons (Fsp3) is 0.111. The third kappa shape index (κ3) is 5.30. The van der Waals surface area contributed by atoms with Gasteiger partial charge in [-0.25, -0.2) is 0 Å². The SMILES string of the molecule is N#Cc1ccc(CSc2nnc(NC(=O)Cc3ccc(Cl)cc3)s2)cc1. The van der Waals surface area contributed by atoms with E-state index < -0.39 is 0 Å². The summed E-state index contributed by atoms with van der Waals surface area (Å²) in [5.41, 5.74) is 2.62. The first-order valence-electron chi connectivity index (χ1n) is 7.62. The number of thioether (sulfide) groups is 1. The van der Waals surface area contributed by atoms with Crippen LogP contribution in [0.2, 0.25) is 5.02 Å². The van der Waals surface area contributed by atoms with Gasteiger partial charge >= 0.3 is 0 Å². The van der Waals surface area contributed by atoms with Crippen LogP contribution in [-0.4, -0.2) is 16.1 Å². The number of carbonyl (C=O) groups excluding carboxylic acids is 1. The zero-order valence-electron chi connectivity index (χ0n) is 13.5. The Morgan fingerprint density at radius 1 is 1.12 bits per heavy atom. The van der Waals surface area contributed by atoms with Crippen molar-refractivity contribution in [2.24, 2.45) is 0 Å². The summed E-state index contributed by atoms with van der Waals surface area (Å²) in [6.45, 7) is 0. The van der Waals surface area contributed by atoms with Gasteiger partial charge in [-0.3, -0.25) is 4.79 Å². The Morgan fingerprint density at radius 3 is 2.50 bits per heavy atom. The molecule has 0 saturated heterocycles. The second-order valence-corrected chi connectivity index (χ2v) is 7.96. The molecule has 5 nitrogen and oxygen atoms in total. The van der Waals surface area contributed by atoms with Crippen LogP contribution in [-0.2, 0) is 17.0 Å². The maximum absolute atomic E-state index is 12.1. The zero-order valence-corrected chi connectivity index (χ0v) is 15.9. The summed E-state index contributed by atoms with van der Waals surface area (Å²) in [5.74, 6) is 0.575. The molecule has 26 heavy (non-hydrogen) atoms. The first-order valence-corrected chi connectivity index (χ1v) is 9.80. The number of halogens is 1. The van der Waals surface area contributed by atoms with E-state index in [2.05, 4.69) is 21.6 Å². The molecule has 0 spiro atoms. The maximum Gasteiger partial charge on any atom is 0.230 e. The molecule has 0 aliphatic rings. The van der Waals surface area contributed by atoms with Gasteiger partial charge in [0.05, 0.1) is 18.1 Å². The van der Waals surface area contributed by atoms with Gasteiger partial charge in [-0.2, -0.15) is 5.26 Å². The van der Waals surface area contributed by atoms with Gasteiger partial charge in [0.25, 0.3) is 0 Å². The molecule has 0 saturated carbocycles. The van der Waals surface area contributed by atoms with Crippen molar-refractivity contribution in [3.05, 3.63) is 70.2 Å². The van der Waals surface area contributed by atoms with Crippen LogP contribution in [0.3, 0.4) is 0 Å². The Labute approximate surface area is 164 Å². The minimum absolute atomic E-state index is 0.146. The van der Waals surface area contributed by atoms with E-state index >= 15 is 0 Å². The van der Waals surface area contributed by atoms with Gasteiger partial charge in [0.15, 0.2) is 4.34 Å². The summed E-state index contributed by atoms with van der Waals surface area (Å²) < 4.78 is 0.774. The third-order valence-corrected chi connectivity index (χ3v) is 5.67. The van der Waals surface area contributed by atoms with Crippen LogP contribution in [0.1, 0.15) is 16.7 Å². The number of nitrogens with one attached hydrogen (secondary N) is 1. The van der Waals surface area contributed by atoms with Crippen LogP contribution in [0.15, 0.2) is 52.9 Å². The van der Waals surface area contributed by atoms with Crippen molar-refractivity contribution in [1.29, 1.82) is 5.26 Å². The molecule has 1 aromatic heterocycles. The monoisotopic (exact) mass is 400 g/mol. The van der Waals surface area contributed by atoms with E-state index in [1.807, 2.05) is 24.3 Å². The number of nitrogens with zero attached hydrogens (tertiary/aromatic N) is 3. The normalized spacial score (nSPS) is 10.3. The molecule has 0 unspecified atom stereocenters. The van der Waals surface area contributed by atoms with Gasteiger partial charge in [-0.1, -0.05) is 59.0 Å². The molecule has 0 fully saturated rings. The van der Waals surface area contributed by atoms with Gasteiger partial charge in [0, 0.05) is 10.8 Å². The van der Waals surface area contributed by atoms with Crippen LogP contribution in [0.25, 0.3) is 0 Å². The predicted molar refractivity (Wildman–Crippen MR) is 104 cm³/mol. The standard InChI is InChI=1S/C18H13ClN4OS2/c19-15-7-5-12(6-8-15)9-16(24)21-17-22-23-18(26-17)25-11-14-3-1-13(10-20)2-4-14/h1-8H,9,11H2,(H,21,22,24). The molecular weight excluding hydrogens is 388 g/mol. The van der Waals surface area contributed by atoms with Gasteiger partial charge in [-0.15, -0.1) is 10.2 Å².